The first kappa shape index (κ1) is 40.6. The minimum atomic E-state index is -3.52. The van der Waals surface area contributed by atoms with Gasteiger partial charge in [-0.3, -0.25) is 34.1 Å². The Bertz CT molecular complexity index is 2380. The number of carbonyl (C=O) groups excluding carboxylic acids is 4. The summed E-state index contributed by atoms with van der Waals surface area (Å²) in [5.74, 6) is -1.49. The van der Waals surface area contributed by atoms with E-state index in [4.69, 9.17) is 25.8 Å². The number of amides is 4. The van der Waals surface area contributed by atoms with Crippen LogP contribution in [0.5, 0.6) is 11.5 Å². The molecule has 1 saturated heterocycles. The first-order valence-corrected chi connectivity index (χ1v) is 20.0. The predicted octanol–water partition coefficient (Wildman–Crippen LogP) is 4.19. The molecule has 3 aromatic carbocycles. The lowest BCUT2D eigenvalue weighted by Gasteiger charge is -2.27. The Labute approximate surface area is 333 Å². The number of nitrogens with zero attached hydrogens (tertiary/aromatic N) is 4. The van der Waals surface area contributed by atoms with Crippen molar-refractivity contribution in [3.63, 3.8) is 0 Å². The van der Waals surface area contributed by atoms with Crippen LogP contribution in [-0.2, 0) is 36.4 Å². The van der Waals surface area contributed by atoms with Crippen molar-refractivity contribution in [2.45, 2.75) is 44.8 Å². The fourth-order valence-electron chi connectivity index (χ4n) is 6.32. The van der Waals surface area contributed by atoms with E-state index in [1.165, 1.54) is 12.3 Å². The second-order valence-electron chi connectivity index (χ2n) is 13.7. The van der Waals surface area contributed by atoms with Crippen molar-refractivity contribution >= 4 is 56.9 Å². The molecule has 6 rings (SSSR count). The van der Waals surface area contributed by atoms with Gasteiger partial charge < -0.3 is 19.5 Å². The first-order valence-electron chi connectivity index (χ1n) is 17.7. The van der Waals surface area contributed by atoms with Crippen LogP contribution in [0.2, 0.25) is 5.02 Å². The number of anilines is 2. The Morgan fingerprint density at radius 2 is 1.72 bits per heavy atom. The van der Waals surface area contributed by atoms with Gasteiger partial charge in [0, 0.05) is 30.3 Å². The largest absolute Gasteiger partial charge is 0.488 e. The minimum absolute atomic E-state index is 0.0424. The van der Waals surface area contributed by atoms with Crippen LogP contribution in [0.3, 0.4) is 0 Å². The molecule has 16 nitrogen and oxygen atoms in total. The van der Waals surface area contributed by atoms with Crippen molar-refractivity contribution in [2.24, 2.45) is 0 Å². The minimum Gasteiger partial charge on any atom is -0.488 e. The van der Waals surface area contributed by atoms with Crippen LogP contribution in [0.1, 0.15) is 69.8 Å². The van der Waals surface area contributed by atoms with E-state index in [1.807, 2.05) is 38.1 Å². The van der Waals surface area contributed by atoms with E-state index in [1.54, 1.807) is 30.3 Å². The zero-order chi connectivity index (χ0) is 40.9. The molecule has 1 fully saturated rings. The normalized spacial score (nSPS) is 15.5. The maximum atomic E-state index is 13.1. The topological polar surface area (TPSA) is 219 Å². The van der Waals surface area contributed by atoms with Crippen LogP contribution in [0, 0.1) is 11.3 Å². The molecule has 0 saturated carbocycles. The maximum absolute atomic E-state index is 13.1. The summed E-state index contributed by atoms with van der Waals surface area (Å²) in [6.07, 6.45) is 2.58. The van der Waals surface area contributed by atoms with E-state index in [2.05, 4.69) is 31.4 Å². The number of fused-ring (bicyclic) bond motifs is 1. The summed E-state index contributed by atoms with van der Waals surface area (Å²) in [6, 6.07) is 18.4. The van der Waals surface area contributed by atoms with Gasteiger partial charge in [-0.1, -0.05) is 37.6 Å². The first-order chi connectivity index (χ1) is 27.1. The maximum Gasteiger partial charge on any atom is 0.262 e. The van der Waals surface area contributed by atoms with Crippen LogP contribution in [0.25, 0.3) is 0 Å². The number of sulfonamides is 1. The van der Waals surface area contributed by atoms with Crippen molar-refractivity contribution in [3.05, 3.63) is 105 Å². The van der Waals surface area contributed by atoms with E-state index in [-0.39, 0.29) is 72.7 Å². The molecule has 4 amide bonds. The van der Waals surface area contributed by atoms with Gasteiger partial charge in [0.05, 0.1) is 46.9 Å². The molecule has 296 valence electrons. The summed E-state index contributed by atoms with van der Waals surface area (Å²) in [5.41, 5.74) is 2.86. The number of hydrogen-bond donors (Lipinski definition) is 3. The summed E-state index contributed by atoms with van der Waals surface area (Å²) in [4.78, 5) is 58.8. The van der Waals surface area contributed by atoms with Crippen LogP contribution in [0.4, 0.5) is 11.6 Å². The predicted molar refractivity (Wildman–Crippen MR) is 207 cm³/mol. The highest BCUT2D eigenvalue weighted by Gasteiger charge is 2.44. The van der Waals surface area contributed by atoms with Gasteiger partial charge in [0.15, 0.2) is 5.75 Å². The Balaban J connectivity index is 0.973. The lowest BCUT2D eigenvalue weighted by atomic mass is 9.77. The van der Waals surface area contributed by atoms with Crippen molar-refractivity contribution in [2.75, 3.05) is 42.7 Å². The second kappa shape index (κ2) is 17.0. The molecule has 57 heavy (non-hydrogen) atoms. The molecule has 0 radical (unpaired) electrons. The highest BCUT2D eigenvalue weighted by atomic mass is 35.5. The lowest BCUT2D eigenvalue weighted by molar-refractivity contribution is -0.136. The van der Waals surface area contributed by atoms with Crippen LogP contribution < -0.4 is 24.8 Å². The van der Waals surface area contributed by atoms with Gasteiger partial charge in [-0.15, -0.1) is 0 Å². The third-order valence-electron chi connectivity index (χ3n) is 9.33. The fraction of sp³-hybridized carbons (Fsp3) is 0.308. The molecule has 1 atom stereocenters. The van der Waals surface area contributed by atoms with Crippen LogP contribution in [0.15, 0.2) is 66.9 Å². The number of piperidine rings is 1. The summed E-state index contributed by atoms with van der Waals surface area (Å²) >= 11 is 6.66. The van der Waals surface area contributed by atoms with Gasteiger partial charge in [-0.2, -0.15) is 5.26 Å². The van der Waals surface area contributed by atoms with Gasteiger partial charge in [-0.25, -0.2) is 18.4 Å². The van der Waals surface area contributed by atoms with E-state index in [0.29, 0.717) is 23.7 Å². The Kier molecular flexibility index (Phi) is 12.1. The van der Waals surface area contributed by atoms with E-state index >= 15 is 0 Å². The van der Waals surface area contributed by atoms with Gasteiger partial charge in [0.25, 0.3) is 11.8 Å². The monoisotopic (exact) mass is 815 g/mol. The zero-order valence-electron chi connectivity index (χ0n) is 31.1. The van der Waals surface area contributed by atoms with Crippen molar-refractivity contribution in [1.82, 2.24) is 20.2 Å². The number of benzene rings is 3. The molecule has 0 aliphatic carbocycles. The summed E-state index contributed by atoms with van der Waals surface area (Å²) in [6.45, 7) is 5.06. The fourth-order valence-corrected chi connectivity index (χ4v) is 7.02. The molecule has 1 aromatic heterocycles. The molecular formula is C39H38ClN7O9S. The molecule has 3 N–H and O–H groups in total. The number of imide groups is 2. The number of nitriles is 1. The molecule has 2 aliphatic heterocycles. The number of halogens is 1. The van der Waals surface area contributed by atoms with Gasteiger partial charge in [0.2, 0.25) is 27.8 Å². The number of hydrogen-bond acceptors (Lipinski definition) is 13. The average Bonchev–Trinajstić information content (AvgIpc) is 3.41. The van der Waals surface area contributed by atoms with E-state index in [0.717, 1.165) is 22.3 Å². The SMILES string of the molecule is CC(C)(c1ccc(OCc2ccnc(NS(C)(=O)=O)n2)cc1)c1cc(Cl)c(OCCOCCNc2ccc3c(c2)C(=O)N(C2CCC(=O)NC2=O)C3=O)c(C#N)c1. The molecule has 0 spiro atoms. The van der Waals surface area contributed by atoms with E-state index < -0.39 is 45.1 Å². The highest BCUT2D eigenvalue weighted by Crippen LogP contribution is 2.39. The molecule has 1 unspecified atom stereocenters. The smallest absolute Gasteiger partial charge is 0.262 e. The van der Waals surface area contributed by atoms with Gasteiger partial charge >= 0.3 is 0 Å². The molecule has 18 heteroatoms. The number of carbonyl (C=O) groups is 4. The standard InChI is InChI=1S/C39H38ClN7O9S/c1-39(2,24-4-7-28(8-5-24)56-22-27-12-13-43-38(44-27)46-57(3,52)53)25-18-23(21-41)34(31(40)19-25)55-17-16-54-15-14-42-26-6-9-29-30(20-26)37(51)47(36(29)50)32-10-11-33(48)45-35(32)49/h4-9,12-13,18-20,32,42H,10-11,14-17,22H2,1-3H3,(H,43,44,46)(H,45,48,49). The van der Waals surface area contributed by atoms with Crippen LogP contribution in [-0.4, -0.2) is 85.6 Å². The Morgan fingerprint density at radius 1 is 0.965 bits per heavy atom. The Morgan fingerprint density at radius 3 is 2.44 bits per heavy atom. The summed E-state index contributed by atoms with van der Waals surface area (Å²) < 4.78 is 42.6. The van der Waals surface area contributed by atoms with Crippen molar-refractivity contribution in [1.29, 1.82) is 5.26 Å². The third-order valence-corrected chi connectivity index (χ3v) is 10.2. The summed E-state index contributed by atoms with van der Waals surface area (Å²) in [7, 11) is -3.52. The van der Waals surface area contributed by atoms with Gasteiger partial charge in [0.1, 0.15) is 31.1 Å². The van der Waals surface area contributed by atoms with Crippen molar-refractivity contribution in [3.8, 4) is 17.6 Å². The molecule has 4 aromatic rings. The quantitative estimate of drug-likeness (QED) is 0.107. The molecule has 2 aliphatic rings. The average molecular weight is 816 g/mol. The number of aromatic nitrogens is 2. The molecular weight excluding hydrogens is 778 g/mol. The number of nitrogens with one attached hydrogen (secondary N) is 3. The van der Waals surface area contributed by atoms with Crippen molar-refractivity contribution < 1.29 is 41.8 Å². The lowest BCUT2D eigenvalue weighted by Crippen LogP contribution is -2.54. The molecule has 0 bridgehead atoms. The number of ether oxygens (including phenoxy) is 3. The number of rotatable bonds is 16. The zero-order valence-corrected chi connectivity index (χ0v) is 32.7. The second-order valence-corrected chi connectivity index (χ2v) is 15.9. The molecule has 3 heterocycles. The summed E-state index contributed by atoms with van der Waals surface area (Å²) in [5, 5.41) is 15.6. The van der Waals surface area contributed by atoms with Gasteiger partial charge in [-0.05, 0) is 66.1 Å². The third kappa shape index (κ3) is 9.48. The van der Waals surface area contributed by atoms with E-state index in [9.17, 15) is 32.9 Å². The van der Waals surface area contributed by atoms with Crippen LogP contribution >= 0.6 is 11.6 Å². The Hall–Kier alpha value is -6.09. The highest BCUT2D eigenvalue weighted by molar-refractivity contribution is 7.92.